The van der Waals surface area contributed by atoms with Crippen LogP contribution in [0.4, 0.5) is 0 Å². The number of hydrogen-bond donors (Lipinski definition) is 1. The lowest BCUT2D eigenvalue weighted by Crippen LogP contribution is -2.46. The standard InChI is InChI=1S/C8H16N2/c1-10-6-2-3-7-4-5-9-8(7)10/h7-9H,2-6H2,1H3. The van der Waals surface area contributed by atoms with Crippen molar-refractivity contribution in [2.45, 2.75) is 25.4 Å². The molecule has 2 nitrogen and oxygen atoms in total. The summed E-state index contributed by atoms with van der Waals surface area (Å²) in [5.74, 6) is 0.957. The first-order valence-corrected chi connectivity index (χ1v) is 4.31. The molecule has 0 aromatic heterocycles. The van der Waals surface area contributed by atoms with E-state index in [1.54, 1.807) is 0 Å². The zero-order valence-electron chi connectivity index (χ0n) is 6.64. The lowest BCUT2D eigenvalue weighted by Gasteiger charge is -2.34. The van der Waals surface area contributed by atoms with Crippen molar-refractivity contribution in [3.05, 3.63) is 0 Å². The summed E-state index contributed by atoms with van der Waals surface area (Å²) in [5.41, 5.74) is 0. The molecule has 2 heteroatoms. The van der Waals surface area contributed by atoms with Crippen LogP contribution in [0.3, 0.4) is 0 Å². The van der Waals surface area contributed by atoms with Crippen molar-refractivity contribution in [1.29, 1.82) is 0 Å². The van der Waals surface area contributed by atoms with Crippen LogP contribution in [0.1, 0.15) is 19.3 Å². The molecular weight excluding hydrogens is 124 g/mol. The molecule has 2 unspecified atom stereocenters. The smallest absolute Gasteiger partial charge is 0.0624 e. The van der Waals surface area contributed by atoms with Gasteiger partial charge in [-0.3, -0.25) is 4.90 Å². The summed E-state index contributed by atoms with van der Waals surface area (Å²) in [5, 5.41) is 3.53. The van der Waals surface area contributed by atoms with Crippen molar-refractivity contribution in [3.8, 4) is 0 Å². The number of fused-ring (bicyclic) bond motifs is 1. The number of piperidine rings is 1. The Labute approximate surface area is 62.6 Å². The van der Waals surface area contributed by atoms with Gasteiger partial charge in [-0.05, 0) is 45.3 Å². The van der Waals surface area contributed by atoms with Gasteiger partial charge < -0.3 is 5.32 Å². The van der Waals surface area contributed by atoms with Crippen molar-refractivity contribution in [2.75, 3.05) is 20.1 Å². The van der Waals surface area contributed by atoms with E-state index in [4.69, 9.17) is 0 Å². The van der Waals surface area contributed by atoms with Gasteiger partial charge in [0.1, 0.15) is 0 Å². The van der Waals surface area contributed by atoms with Crippen LogP contribution in [0.2, 0.25) is 0 Å². The minimum absolute atomic E-state index is 0.716. The molecular formula is C8H16N2. The average molecular weight is 140 g/mol. The number of hydrogen-bond acceptors (Lipinski definition) is 2. The fourth-order valence-electron chi connectivity index (χ4n) is 2.30. The third-order valence-electron chi connectivity index (χ3n) is 2.88. The van der Waals surface area contributed by atoms with Crippen molar-refractivity contribution >= 4 is 0 Å². The molecule has 2 saturated heterocycles. The molecule has 1 N–H and O–H groups in total. The van der Waals surface area contributed by atoms with Crippen LogP contribution in [0, 0.1) is 5.92 Å². The molecule has 0 amide bonds. The largest absolute Gasteiger partial charge is 0.301 e. The lowest BCUT2D eigenvalue weighted by molar-refractivity contribution is 0.129. The number of rotatable bonds is 0. The summed E-state index contributed by atoms with van der Waals surface area (Å²) < 4.78 is 0. The third kappa shape index (κ3) is 0.956. The molecule has 0 spiro atoms. The Balaban J connectivity index is 2.03. The molecule has 2 heterocycles. The molecule has 2 aliphatic heterocycles. The minimum atomic E-state index is 0.716. The second-order valence-electron chi connectivity index (χ2n) is 3.57. The Morgan fingerprint density at radius 3 is 3.10 bits per heavy atom. The van der Waals surface area contributed by atoms with E-state index in [1.165, 1.54) is 32.4 Å². The van der Waals surface area contributed by atoms with Crippen molar-refractivity contribution in [3.63, 3.8) is 0 Å². The molecule has 2 rings (SSSR count). The normalized spacial score (nSPS) is 41.7. The van der Waals surface area contributed by atoms with E-state index < -0.39 is 0 Å². The summed E-state index contributed by atoms with van der Waals surface area (Å²) in [6, 6.07) is 0. The van der Waals surface area contributed by atoms with Gasteiger partial charge in [-0.1, -0.05) is 0 Å². The number of nitrogens with one attached hydrogen (secondary N) is 1. The van der Waals surface area contributed by atoms with Gasteiger partial charge in [-0.15, -0.1) is 0 Å². The van der Waals surface area contributed by atoms with Crippen LogP contribution in [0.15, 0.2) is 0 Å². The minimum Gasteiger partial charge on any atom is -0.301 e. The molecule has 58 valence electrons. The molecule has 0 aliphatic carbocycles. The van der Waals surface area contributed by atoms with Gasteiger partial charge >= 0.3 is 0 Å². The van der Waals surface area contributed by atoms with E-state index in [9.17, 15) is 0 Å². The molecule has 10 heavy (non-hydrogen) atoms. The van der Waals surface area contributed by atoms with Crippen molar-refractivity contribution in [1.82, 2.24) is 10.2 Å². The van der Waals surface area contributed by atoms with E-state index in [2.05, 4.69) is 17.3 Å². The molecule has 0 saturated carbocycles. The van der Waals surface area contributed by atoms with E-state index >= 15 is 0 Å². The van der Waals surface area contributed by atoms with Gasteiger partial charge in [0, 0.05) is 0 Å². The number of likely N-dealkylation sites (tertiary alicyclic amines) is 1. The Morgan fingerprint density at radius 2 is 2.30 bits per heavy atom. The third-order valence-corrected chi connectivity index (χ3v) is 2.88. The molecule has 2 fully saturated rings. The second-order valence-corrected chi connectivity index (χ2v) is 3.57. The Hall–Kier alpha value is -0.0800. The van der Waals surface area contributed by atoms with Crippen molar-refractivity contribution in [2.24, 2.45) is 5.92 Å². The van der Waals surface area contributed by atoms with Crippen LogP contribution in [-0.4, -0.2) is 31.2 Å². The highest BCUT2D eigenvalue weighted by atomic mass is 15.3. The Bertz CT molecular complexity index is 124. The predicted molar refractivity (Wildman–Crippen MR) is 41.8 cm³/mol. The van der Waals surface area contributed by atoms with E-state index in [1.807, 2.05) is 0 Å². The number of nitrogens with zero attached hydrogens (tertiary/aromatic N) is 1. The molecule has 2 atom stereocenters. The fourth-order valence-corrected chi connectivity index (χ4v) is 2.30. The highest BCUT2D eigenvalue weighted by molar-refractivity contribution is 4.86. The maximum atomic E-state index is 3.53. The van der Waals surface area contributed by atoms with Crippen molar-refractivity contribution < 1.29 is 0 Å². The summed E-state index contributed by atoms with van der Waals surface area (Å²) in [6.07, 6.45) is 4.96. The zero-order chi connectivity index (χ0) is 6.97. The first-order valence-electron chi connectivity index (χ1n) is 4.31. The van der Waals surface area contributed by atoms with E-state index in [-0.39, 0.29) is 0 Å². The quantitative estimate of drug-likeness (QED) is 0.531. The average Bonchev–Trinajstić information content (AvgIpc) is 2.36. The first kappa shape index (κ1) is 6.62. The van der Waals surface area contributed by atoms with Crippen LogP contribution >= 0.6 is 0 Å². The SMILES string of the molecule is CN1CCCC2CCNC21. The maximum Gasteiger partial charge on any atom is 0.0624 e. The zero-order valence-corrected chi connectivity index (χ0v) is 6.64. The van der Waals surface area contributed by atoms with Gasteiger partial charge in [-0.2, -0.15) is 0 Å². The first-order chi connectivity index (χ1) is 4.88. The van der Waals surface area contributed by atoms with Crippen LogP contribution in [-0.2, 0) is 0 Å². The molecule has 0 aromatic carbocycles. The highest BCUT2D eigenvalue weighted by Gasteiger charge is 2.32. The Morgan fingerprint density at radius 1 is 1.40 bits per heavy atom. The van der Waals surface area contributed by atoms with Gasteiger partial charge in [0.2, 0.25) is 0 Å². The molecule has 0 radical (unpaired) electrons. The second kappa shape index (κ2) is 2.51. The summed E-state index contributed by atoms with van der Waals surface area (Å²) in [4.78, 5) is 2.46. The highest BCUT2D eigenvalue weighted by Crippen LogP contribution is 2.26. The predicted octanol–water partition coefficient (Wildman–Crippen LogP) is 0.648. The lowest BCUT2D eigenvalue weighted by atomic mass is 9.95. The summed E-state index contributed by atoms with van der Waals surface area (Å²) in [7, 11) is 2.23. The van der Waals surface area contributed by atoms with Crippen LogP contribution < -0.4 is 5.32 Å². The van der Waals surface area contributed by atoms with Gasteiger partial charge in [0.05, 0.1) is 6.17 Å². The van der Waals surface area contributed by atoms with Gasteiger partial charge in [0.25, 0.3) is 0 Å². The van der Waals surface area contributed by atoms with Gasteiger partial charge in [0.15, 0.2) is 0 Å². The fraction of sp³-hybridized carbons (Fsp3) is 1.00. The van der Waals surface area contributed by atoms with Crippen LogP contribution in [0.5, 0.6) is 0 Å². The Kier molecular flexibility index (Phi) is 1.66. The molecule has 2 aliphatic rings. The van der Waals surface area contributed by atoms with Gasteiger partial charge in [-0.25, -0.2) is 0 Å². The van der Waals surface area contributed by atoms with E-state index in [0.29, 0.717) is 6.17 Å². The summed E-state index contributed by atoms with van der Waals surface area (Å²) in [6.45, 7) is 2.52. The monoisotopic (exact) mass is 140 g/mol. The maximum absolute atomic E-state index is 3.53. The topological polar surface area (TPSA) is 15.3 Å². The molecule has 0 aromatic rings. The summed E-state index contributed by atoms with van der Waals surface area (Å²) >= 11 is 0. The van der Waals surface area contributed by atoms with Crippen LogP contribution in [0.25, 0.3) is 0 Å². The van der Waals surface area contributed by atoms with E-state index in [0.717, 1.165) is 5.92 Å². The molecule has 0 bridgehead atoms.